The second kappa shape index (κ2) is 5.13. The number of carbonyl (C=O) groups excluding carboxylic acids is 1. The average molecular weight is 273 g/mol. The molecule has 1 aliphatic carbocycles. The molecule has 4 heteroatoms. The topological polar surface area (TPSA) is 39.2 Å². The third kappa shape index (κ3) is 2.68. The summed E-state index contributed by atoms with van der Waals surface area (Å²) < 4.78 is 5.74. The van der Waals surface area contributed by atoms with Crippen molar-refractivity contribution in [1.82, 2.24) is 4.98 Å². The van der Waals surface area contributed by atoms with E-state index in [1.54, 1.807) is 11.3 Å². The van der Waals surface area contributed by atoms with Crippen molar-refractivity contribution in [2.75, 3.05) is 0 Å². The SMILES string of the molecule is Cc1csc(COc2ccc3c(c2)CCCC3=O)n1. The van der Waals surface area contributed by atoms with Crippen LogP contribution in [-0.2, 0) is 13.0 Å². The van der Waals surface area contributed by atoms with Gasteiger partial charge in [-0.3, -0.25) is 4.79 Å². The fraction of sp³-hybridized carbons (Fsp3) is 0.333. The molecule has 0 fully saturated rings. The van der Waals surface area contributed by atoms with Crippen molar-refractivity contribution in [3.8, 4) is 5.75 Å². The molecule has 1 aromatic carbocycles. The molecule has 0 aliphatic heterocycles. The van der Waals surface area contributed by atoms with E-state index in [-0.39, 0.29) is 5.78 Å². The van der Waals surface area contributed by atoms with Crippen molar-refractivity contribution in [1.29, 1.82) is 0 Å². The van der Waals surface area contributed by atoms with Crippen LogP contribution in [-0.4, -0.2) is 10.8 Å². The number of nitrogens with zero attached hydrogens (tertiary/aromatic N) is 1. The summed E-state index contributed by atoms with van der Waals surface area (Å²) in [6, 6.07) is 5.76. The first-order chi connectivity index (χ1) is 9.22. The summed E-state index contributed by atoms with van der Waals surface area (Å²) in [7, 11) is 0. The number of hydrogen-bond donors (Lipinski definition) is 0. The number of ether oxygens (including phenoxy) is 1. The van der Waals surface area contributed by atoms with Gasteiger partial charge >= 0.3 is 0 Å². The van der Waals surface area contributed by atoms with E-state index in [0.29, 0.717) is 13.0 Å². The lowest BCUT2D eigenvalue weighted by molar-refractivity contribution is 0.0972. The van der Waals surface area contributed by atoms with Gasteiger partial charge in [-0.2, -0.15) is 0 Å². The van der Waals surface area contributed by atoms with Gasteiger partial charge in [0.15, 0.2) is 5.78 Å². The molecule has 3 rings (SSSR count). The van der Waals surface area contributed by atoms with Gasteiger partial charge in [-0.1, -0.05) is 0 Å². The Morgan fingerprint density at radius 2 is 2.26 bits per heavy atom. The number of aryl methyl sites for hydroxylation is 2. The molecular weight excluding hydrogens is 258 g/mol. The third-order valence-electron chi connectivity index (χ3n) is 3.26. The molecule has 2 aromatic rings. The lowest BCUT2D eigenvalue weighted by Crippen LogP contribution is -2.10. The van der Waals surface area contributed by atoms with Crippen molar-refractivity contribution in [2.45, 2.75) is 32.8 Å². The summed E-state index contributed by atoms with van der Waals surface area (Å²) in [5.74, 6) is 1.07. The Morgan fingerprint density at radius 1 is 1.37 bits per heavy atom. The predicted molar refractivity (Wildman–Crippen MR) is 74.9 cm³/mol. The lowest BCUT2D eigenvalue weighted by atomic mass is 9.91. The van der Waals surface area contributed by atoms with Gasteiger partial charge in [-0.15, -0.1) is 11.3 Å². The van der Waals surface area contributed by atoms with E-state index in [1.807, 2.05) is 30.5 Å². The molecule has 0 saturated carbocycles. The zero-order valence-corrected chi connectivity index (χ0v) is 11.6. The standard InChI is InChI=1S/C15H15NO2S/c1-10-9-19-15(16-10)8-18-12-5-6-13-11(7-12)3-2-4-14(13)17/h5-7,9H,2-4,8H2,1H3. The Balaban J connectivity index is 1.73. The van der Waals surface area contributed by atoms with Crippen LogP contribution < -0.4 is 4.74 Å². The maximum Gasteiger partial charge on any atom is 0.163 e. The zero-order chi connectivity index (χ0) is 13.2. The predicted octanol–water partition coefficient (Wildman–Crippen LogP) is 3.55. The Kier molecular flexibility index (Phi) is 3.34. The fourth-order valence-electron chi connectivity index (χ4n) is 2.33. The second-order valence-electron chi connectivity index (χ2n) is 4.77. The van der Waals surface area contributed by atoms with Crippen LogP contribution in [0.4, 0.5) is 0 Å². The summed E-state index contributed by atoms with van der Waals surface area (Å²) in [4.78, 5) is 16.1. The molecule has 1 aromatic heterocycles. The lowest BCUT2D eigenvalue weighted by Gasteiger charge is -2.15. The van der Waals surface area contributed by atoms with Gasteiger partial charge in [-0.05, 0) is 43.5 Å². The van der Waals surface area contributed by atoms with Gasteiger partial charge in [0, 0.05) is 23.1 Å². The number of rotatable bonds is 3. The molecule has 0 saturated heterocycles. The van der Waals surface area contributed by atoms with Crippen molar-refractivity contribution in [2.24, 2.45) is 0 Å². The van der Waals surface area contributed by atoms with Crippen LogP contribution in [0, 0.1) is 6.92 Å². The summed E-state index contributed by atoms with van der Waals surface area (Å²) >= 11 is 1.61. The molecule has 0 spiro atoms. The fourth-order valence-corrected chi connectivity index (χ4v) is 3.01. The number of benzene rings is 1. The molecule has 1 heterocycles. The maximum atomic E-state index is 11.7. The molecule has 0 radical (unpaired) electrons. The van der Waals surface area contributed by atoms with Crippen LogP contribution in [0.1, 0.15) is 39.5 Å². The van der Waals surface area contributed by atoms with E-state index < -0.39 is 0 Å². The molecule has 98 valence electrons. The number of hydrogen-bond acceptors (Lipinski definition) is 4. The van der Waals surface area contributed by atoms with Crippen LogP contribution in [0.5, 0.6) is 5.75 Å². The number of ketones is 1. The van der Waals surface area contributed by atoms with Gasteiger partial charge in [-0.25, -0.2) is 4.98 Å². The highest BCUT2D eigenvalue weighted by molar-refractivity contribution is 7.09. The first kappa shape index (κ1) is 12.4. The smallest absolute Gasteiger partial charge is 0.163 e. The molecule has 1 aliphatic rings. The van der Waals surface area contributed by atoms with Crippen molar-refractivity contribution in [3.63, 3.8) is 0 Å². The van der Waals surface area contributed by atoms with Crippen LogP contribution in [0.3, 0.4) is 0 Å². The van der Waals surface area contributed by atoms with E-state index in [9.17, 15) is 4.79 Å². The summed E-state index contributed by atoms with van der Waals surface area (Å²) in [6.45, 7) is 2.47. The molecule has 19 heavy (non-hydrogen) atoms. The maximum absolute atomic E-state index is 11.7. The Bertz CT molecular complexity index is 618. The van der Waals surface area contributed by atoms with Crippen molar-refractivity contribution in [3.05, 3.63) is 45.4 Å². The highest BCUT2D eigenvalue weighted by Crippen LogP contribution is 2.26. The molecule has 0 amide bonds. The van der Waals surface area contributed by atoms with Crippen molar-refractivity contribution < 1.29 is 9.53 Å². The van der Waals surface area contributed by atoms with Gasteiger partial charge in [0.25, 0.3) is 0 Å². The van der Waals surface area contributed by atoms with Crippen LogP contribution in [0.2, 0.25) is 0 Å². The summed E-state index contributed by atoms with van der Waals surface area (Å²) in [5.41, 5.74) is 3.01. The molecule has 3 nitrogen and oxygen atoms in total. The minimum atomic E-state index is 0.253. The van der Waals surface area contributed by atoms with E-state index in [2.05, 4.69) is 4.98 Å². The Hall–Kier alpha value is -1.68. The largest absolute Gasteiger partial charge is 0.486 e. The Morgan fingerprint density at radius 3 is 3.05 bits per heavy atom. The Labute approximate surface area is 116 Å². The van der Waals surface area contributed by atoms with Crippen LogP contribution in [0.25, 0.3) is 0 Å². The minimum absolute atomic E-state index is 0.253. The number of aromatic nitrogens is 1. The molecule has 0 bridgehead atoms. The highest BCUT2D eigenvalue weighted by Gasteiger charge is 2.17. The number of thiazole rings is 1. The number of fused-ring (bicyclic) bond motifs is 1. The van der Waals surface area contributed by atoms with E-state index >= 15 is 0 Å². The monoisotopic (exact) mass is 273 g/mol. The normalized spacial score (nSPS) is 14.3. The van der Waals surface area contributed by atoms with E-state index in [1.165, 1.54) is 0 Å². The quantitative estimate of drug-likeness (QED) is 0.858. The van der Waals surface area contributed by atoms with Crippen molar-refractivity contribution >= 4 is 17.1 Å². The van der Waals surface area contributed by atoms with Gasteiger partial charge in [0.05, 0.1) is 0 Å². The summed E-state index contributed by atoms with van der Waals surface area (Å²) in [6.07, 6.45) is 2.58. The van der Waals surface area contributed by atoms with E-state index in [0.717, 1.165) is 40.4 Å². The van der Waals surface area contributed by atoms with Crippen LogP contribution >= 0.6 is 11.3 Å². The first-order valence-corrected chi connectivity index (χ1v) is 7.30. The van der Waals surface area contributed by atoms with Gasteiger partial charge in [0.1, 0.15) is 17.4 Å². The zero-order valence-electron chi connectivity index (χ0n) is 10.8. The van der Waals surface area contributed by atoms with E-state index in [4.69, 9.17) is 4.74 Å². The third-order valence-corrected chi connectivity index (χ3v) is 4.20. The molecular formula is C15H15NO2S. The second-order valence-corrected chi connectivity index (χ2v) is 5.71. The van der Waals surface area contributed by atoms with Gasteiger partial charge in [0.2, 0.25) is 0 Å². The van der Waals surface area contributed by atoms with Crippen LogP contribution in [0.15, 0.2) is 23.6 Å². The molecule has 0 N–H and O–H groups in total. The van der Waals surface area contributed by atoms with Gasteiger partial charge < -0.3 is 4.74 Å². The molecule has 0 atom stereocenters. The molecule has 0 unspecified atom stereocenters. The number of carbonyl (C=O) groups is 1. The summed E-state index contributed by atoms with van der Waals surface area (Å²) in [5, 5.41) is 3.00. The number of Topliss-reactive ketones (excluding diaryl/α,β-unsaturated/α-hetero) is 1. The highest BCUT2D eigenvalue weighted by atomic mass is 32.1. The average Bonchev–Trinajstić information content (AvgIpc) is 2.82. The minimum Gasteiger partial charge on any atom is -0.486 e. The first-order valence-electron chi connectivity index (χ1n) is 6.42.